The summed E-state index contributed by atoms with van der Waals surface area (Å²) in [6.07, 6.45) is 0. The van der Waals surface area contributed by atoms with E-state index in [1.165, 1.54) is 18.2 Å². The Hall–Kier alpha value is -1.99. The number of rotatable bonds is 3. The molecule has 0 saturated carbocycles. The van der Waals surface area contributed by atoms with Crippen molar-refractivity contribution in [2.24, 2.45) is 0 Å². The fourth-order valence-corrected chi connectivity index (χ4v) is 2.74. The third-order valence-electron chi connectivity index (χ3n) is 2.48. The molecule has 90 valence electrons. The van der Waals surface area contributed by atoms with Gasteiger partial charge < -0.3 is 0 Å². The molecule has 1 unspecified atom stereocenters. The first-order chi connectivity index (χ1) is 8.70. The summed E-state index contributed by atoms with van der Waals surface area (Å²) >= 11 is 0. The third kappa shape index (κ3) is 2.82. The SMILES string of the molecule is N#Cc1ccc(F)cc1CS(=O)c1ccccc1. The molecule has 4 heteroatoms. The van der Waals surface area contributed by atoms with Crippen molar-refractivity contribution in [3.63, 3.8) is 0 Å². The Bertz CT molecular complexity index is 619. The summed E-state index contributed by atoms with van der Waals surface area (Å²) in [6.45, 7) is 0. The van der Waals surface area contributed by atoms with Crippen LogP contribution in [0.1, 0.15) is 11.1 Å². The van der Waals surface area contributed by atoms with Crippen LogP contribution in [0.5, 0.6) is 0 Å². The predicted octanol–water partition coefficient (Wildman–Crippen LogP) is 3.01. The van der Waals surface area contributed by atoms with Crippen molar-refractivity contribution in [3.05, 3.63) is 65.5 Å². The fraction of sp³-hybridized carbons (Fsp3) is 0.0714. The molecule has 2 aromatic carbocycles. The number of hydrogen-bond donors (Lipinski definition) is 0. The zero-order valence-electron chi connectivity index (χ0n) is 9.47. The summed E-state index contributed by atoms with van der Waals surface area (Å²) in [5.74, 6) is -0.279. The zero-order chi connectivity index (χ0) is 13.0. The smallest absolute Gasteiger partial charge is 0.123 e. The summed E-state index contributed by atoms with van der Waals surface area (Å²) in [5, 5.41) is 8.92. The van der Waals surface area contributed by atoms with E-state index in [0.29, 0.717) is 16.0 Å². The Kier molecular flexibility index (Phi) is 3.85. The van der Waals surface area contributed by atoms with Gasteiger partial charge in [0, 0.05) is 4.90 Å². The van der Waals surface area contributed by atoms with Gasteiger partial charge in [0.05, 0.1) is 28.2 Å². The van der Waals surface area contributed by atoms with E-state index < -0.39 is 16.6 Å². The second kappa shape index (κ2) is 5.56. The minimum absolute atomic E-state index is 0.144. The second-order valence-corrected chi connectivity index (χ2v) is 5.17. The lowest BCUT2D eigenvalue weighted by atomic mass is 10.1. The van der Waals surface area contributed by atoms with Crippen LogP contribution in [0.3, 0.4) is 0 Å². The quantitative estimate of drug-likeness (QED) is 0.850. The van der Waals surface area contributed by atoms with Gasteiger partial charge in [0.1, 0.15) is 5.82 Å². The van der Waals surface area contributed by atoms with Gasteiger partial charge in [0.15, 0.2) is 0 Å². The molecule has 0 amide bonds. The highest BCUT2D eigenvalue weighted by Crippen LogP contribution is 2.16. The van der Waals surface area contributed by atoms with Crippen LogP contribution in [0, 0.1) is 17.1 Å². The first-order valence-corrected chi connectivity index (χ1v) is 6.64. The number of nitrogens with zero attached hydrogens (tertiary/aromatic N) is 1. The van der Waals surface area contributed by atoms with Gasteiger partial charge in [-0.2, -0.15) is 5.26 Å². The van der Waals surface area contributed by atoms with E-state index in [1.807, 2.05) is 12.1 Å². The Labute approximate surface area is 107 Å². The molecule has 2 rings (SSSR count). The van der Waals surface area contributed by atoms with Crippen LogP contribution in [0.25, 0.3) is 0 Å². The predicted molar refractivity (Wildman–Crippen MR) is 67.7 cm³/mol. The Morgan fingerprint density at radius 1 is 1.17 bits per heavy atom. The van der Waals surface area contributed by atoms with Crippen LogP contribution in [-0.4, -0.2) is 4.21 Å². The minimum atomic E-state index is -1.27. The first-order valence-electron chi connectivity index (χ1n) is 5.32. The van der Waals surface area contributed by atoms with E-state index in [0.717, 1.165) is 0 Å². The van der Waals surface area contributed by atoms with Crippen molar-refractivity contribution in [1.82, 2.24) is 0 Å². The van der Waals surface area contributed by atoms with Gasteiger partial charge in [0.25, 0.3) is 0 Å². The van der Waals surface area contributed by atoms with Gasteiger partial charge in [-0.05, 0) is 35.9 Å². The minimum Gasteiger partial charge on any atom is -0.254 e. The lowest BCUT2D eigenvalue weighted by Crippen LogP contribution is -1.99. The van der Waals surface area contributed by atoms with Crippen molar-refractivity contribution in [3.8, 4) is 6.07 Å². The molecule has 0 bridgehead atoms. The summed E-state index contributed by atoms with van der Waals surface area (Å²) in [4.78, 5) is 0.672. The van der Waals surface area contributed by atoms with E-state index in [4.69, 9.17) is 5.26 Å². The summed E-state index contributed by atoms with van der Waals surface area (Å²) in [7, 11) is -1.27. The van der Waals surface area contributed by atoms with E-state index in [-0.39, 0.29) is 5.75 Å². The molecule has 0 aliphatic heterocycles. The third-order valence-corrected chi connectivity index (χ3v) is 3.85. The van der Waals surface area contributed by atoms with Crippen LogP contribution in [0.2, 0.25) is 0 Å². The van der Waals surface area contributed by atoms with Crippen molar-refractivity contribution >= 4 is 10.8 Å². The topological polar surface area (TPSA) is 40.9 Å². The van der Waals surface area contributed by atoms with Crippen LogP contribution < -0.4 is 0 Å². The molecule has 2 nitrogen and oxygen atoms in total. The normalized spacial score (nSPS) is 11.8. The molecule has 0 spiro atoms. The zero-order valence-corrected chi connectivity index (χ0v) is 10.3. The Morgan fingerprint density at radius 3 is 2.56 bits per heavy atom. The molecular formula is C14H10FNOS. The van der Waals surface area contributed by atoms with Crippen LogP contribution >= 0.6 is 0 Å². The number of benzene rings is 2. The molecule has 0 saturated heterocycles. The summed E-state index contributed by atoms with van der Waals surface area (Å²) < 4.78 is 25.2. The Morgan fingerprint density at radius 2 is 1.89 bits per heavy atom. The van der Waals surface area contributed by atoms with Crippen molar-refractivity contribution in [2.45, 2.75) is 10.6 Å². The summed E-state index contributed by atoms with van der Waals surface area (Å²) in [6, 6.07) is 14.8. The second-order valence-electron chi connectivity index (χ2n) is 3.72. The standard InChI is InChI=1S/C14H10FNOS/c15-13-7-6-11(9-16)12(8-13)10-18(17)14-4-2-1-3-5-14/h1-8H,10H2. The van der Waals surface area contributed by atoms with E-state index in [2.05, 4.69) is 0 Å². The maximum absolute atomic E-state index is 13.1. The van der Waals surface area contributed by atoms with Gasteiger partial charge in [-0.3, -0.25) is 4.21 Å². The molecule has 0 heterocycles. The van der Waals surface area contributed by atoms with Gasteiger partial charge in [-0.1, -0.05) is 18.2 Å². The van der Waals surface area contributed by atoms with E-state index in [9.17, 15) is 8.60 Å². The average molecular weight is 259 g/mol. The van der Waals surface area contributed by atoms with Crippen LogP contribution in [0.4, 0.5) is 4.39 Å². The molecule has 0 fully saturated rings. The molecule has 0 aliphatic carbocycles. The molecule has 0 aliphatic rings. The maximum atomic E-state index is 13.1. The lowest BCUT2D eigenvalue weighted by molar-refractivity contribution is 0.626. The van der Waals surface area contributed by atoms with E-state index >= 15 is 0 Å². The molecule has 1 atom stereocenters. The highest BCUT2D eigenvalue weighted by molar-refractivity contribution is 7.84. The van der Waals surface area contributed by atoms with Crippen LogP contribution in [0.15, 0.2) is 53.4 Å². The van der Waals surface area contributed by atoms with Crippen molar-refractivity contribution in [1.29, 1.82) is 5.26 Å². The molecule has 0 N–H and O–H groups in total. The van der Waals surface area contributed by atoms with Crippen molar-refractivity contribution in [2.75, 3.05) is 0 Å². The highest BCUT2D eigenvalue weighted by atomic mass is 32.2. The maximum Gasteiger partial charge on any atom is 0.123 e. The summed E-state index contributed by atoms with van der Waals surface area (Å²) in [5.41, 5.74) is 0.834. The number of hydrogen-bond acceptors (Lipinski definition) is 2. The average Bonchev–Trinajstić information content (AvgIpc) is 2.40. The fourth-order valence-electron chi connectivity index (χ4n) is 1.59. The lowest BCUT2D eigenvalue weighted by Gasteiger charge is -2.04. The number of nitriles is 1. The number of halogens is 1. The highest BCUT2D eigenvalue weighted by Gasteiger charge is 2.09. The van der Waals surface area contributed by atoms with Crippen molar-refractivity contribution < 1.29 is 8.60 Å². The molecule has 2 aromatic rings. The molecule has 0 aromatic heterocycles. The first kappa shape index (κ1) is 12.5. The van der Waals surface area contributed by atoms with E-state index in [1.54, 1.807) is 24.3 Å². The molecular weight excluding hydrogens is 249 g/mol. The van der Waals surface area contributed by atoms with Gasteiger partial charge >= 0.3 is 0 Å². The van der Waals surface area contributed by atoms with Gasteiger partial charge in [0.2, 0.25) is 0 Å². The monoisotopic (exact) mass is 259 g/mol. The van der Waals surface area contributed by atoms with Gasteiger partial charge in [-0.25, -0.2) is 4.39 Å². The Balaban J connectivity index is 2.28. The van der Waals surface area contributed by atoms with Gasteiger partial charge in [-0.15, -0.1) is 0 Å². The largest absolute Gasteiger partial charge is 0.254 e. The molecule has 0 radical (unpaired) electrons. The van der Waals surface area contributed by atoms with Crippen LogP contribution in [-0.2, 0) is 16.6 Å². The molecule has 18 heavy (non-hydrogen) atoms.